The molecule has 8 heteroatoms. The maximum atomic E-state index is 11.5. The van der Waals surface area contributed by atoms with Crippen LogP contribution in [0.1, 0.15) is 19.8 Å². The average molecular weight is 373 g/mol. The molecule has 7 nitrogen and oxygen atoms in total. The predicted octanol–water partition coefficient (Wildman–Crippen LogP) is 1.73. The van der Waals surface area contributed by atoms with Crippen LogP contribution in [0, 0.1) is 0 Å². The molecule has 0 heterocycles. The fourth-order valence-corrected chi connectivity index (χ4v) is 1.73. The smallest absolute Gasteiger partial charge is 0.318 e. The van der Waals surface area contributed by atoms with Crippen molar-refractivity contribution in [3.05, 3.63) is 28.7 Å². The van der Waals surface area contributed by atoms with Gasteiger partial charge in [0.1, 0.15) is 5.75 Å². The highest BCUT2D eigenvalue weighted by Gasteiger charge is 2.18. The summed E-state index contributed by atoms with van der Waals surface area (Å²) in [4.78, 5) is 33.3. The second-order valence-electron chi connectivity index (χ2n) is 4.39. The number of ether oxygens (including phenoxy) is 2. The fraction of sp³-hybridized carbons (Fsp3) is 0.357. The summed E-state index contributed by atoms with van der Waals surface area (Å²) >= 11 is 3.32. The summed E-state index contributed by atoms with van der Waals surface area (Å²) < 4.78 is 11.3. The number of rotatable bonds is 7. The molecule has 0 bridgehead atoms. The van der Waals surface area contributed by atoms with E-state index >= 15 is 0 Å². The first-order valence-electron chi connectivity index (χ1n) is 6.56. The summed E-state index contributed by atoms with van der Waals surface area (Å²) in [6.45, 7) is 1.70. The number of hydrogen-bond donors (Lipinski definition) is 2. The number of amides is 3. The van der Waals surface area contributed by atoms with Crippen molar-refractivity contribution in [3.63, 3.8) is 0 Å². The molecule has 1 aromatic carbocycles. The van der Waals surface area contributed by atoms with E-state index in [0.717, 1.165) is 4.47 Å². The maximum absolute atomic E-state index is 11.5. The van der Waals surface area contributed by atoms with Crippen molar-refractivity contribution < 1.29 is 23.9 Å². The molecule has 0 saturated carbocycles. The second kappa shape index (κ2) is 9.04. The van der Waals surface area contributed by atoms with Gasteiger partial charge in [0.05, 0.1) is 6.61 Å². The molecule has 0 aliphatic heterocycles. The van der Waals surface area contributed by atoms with Crippen LogP contribution in [0.3, 0.4) is 0 Å². The third-order valence-electron chi connectivity index (χ3n) is 2.53. The minimum Gasteiger partial charge on any atom is -0.494 e. The van der Waals surface area contributed by atoms with E-state index < -0.39 is 24.0 Å². The zero-order chi connectivity index (χ0) is 16.5. The lowest BCUT2D eigenvalue weighted by Gasteiger charge is -2.12. The first-order chi connectivity index (χ1) is 10.4. The van der Waals surface area contributed by atoms with Gasteiger partial charge in [-0.25, -0.2) is 4.79 Å². The van der Waals surface area contributed by atoms with Crippen LogP contribution in [0.2, 0.25) is 0 Å². The van der Waals surface area contributed by atoms with E-state index in [1.54, 1.807) is 12.1 Å². The van der Waals surface area contributed by atoms with Gasteiger partial charge in [0.2, 0.25) is 0 Å². The summed E-state index contributed by atoms with van der Waals surface area (Å²) in [5.41, 5.74) is 4.79. The Balaban J connectivity index is 2.21. The number of primary amides is 1. The van der Waals surface area contributed by atoms with E-state index in [4.69, 9.17) is 15.2 Å². The summed E-state index contributed by atoms with van der Waals surface area (Å²) in [5, 5.41) is 1.84. The SMILES string of the molecule is C[C@@H](OC(=O)CCCOc1ccc(Br)cc1)C(=O)NC(N)=O. The molecule has 1 atom stereocenters. The van der Waals surface area contributed by atoms with Crippen LogP contribution < -0.4 is 15.8 Å². The molecule has 120 valence electrons. The van der Waals surface area contributed by atoms with Gasteiger partial charge in [-0.3, -0.25) is 14.9 Å². The minimum absolute atomic E-state index is 0.102. The Labute approximate surface area is 136 Å². The number of halogens is 1. The van der Waals surface area contributed by atoms with Gasteiger partial charge in [-0.05, 0) is 37.6 Å². The van der Waals surface area contributed by atoms with Crippen LogP contribution in [0.15, 0.2) is 28.7 Å². The molecule has 0 fully saturated rings. The molecule has 22 heavy (non-hydrogen) atoms. The number of nitrogens with two attached hydrogens (primary N) is 1. The van der Waals surface area contributed by atoms with Crippen molar-refractivity contribution in [2.24, 2.45) is 5.73 Å². The number of nitrogens with one attached hydrogen (secondary N) is 1. The van der Waals surface area contributed by atoms with Crippen molar-refractivity contribution in [3.8, 4) is 5.75 Å². The third kappa shape index (κ3) is 7.07. The molecule has 0 spiro atoms. The van der Waals surface area contributed by atoms with Crippen molar-refractivity contribution in [2.75, 3.05) is 6.61 Å². The van der Waals surface area contributed by atoms with Crippen LogP contribution in [0.25, 0.3) is 0 Å². The van der Waals surface area contributed by atoms with Gasteiger partial charge in [-0.15, -0.1) is 0 Å². The van der Waals surface area contributed by atoms with E-state index in [1.807, 2.05) is 17.4 Å². The fourth-order valence-electron chi connectivity index (χ4n) is 1.47. The molecule has 3 N–H and O–H groups in total. The highest BCUT2D eigenvalue weighted by atomic mass is 79.9. The first-order valence-corrected chi connectivity index (χ1v) is 7.36. The predicted molar refractivity (Wildman–Crippen MR) is 82.2 cm³/mol. The van der Waals surface area contributed by atoms with Crippen LogP contribution in [-0.4, -0.2) is 30.6 Å². The molecule has 0 unspecified atom stereocenters. The lowest BCUT2D eigenvalue weighted by atomic mass is 10.3. The standard InChI is InChI=1S/C14H17BrN2O5/c1-9(13(19)17-14(16)20)22-12(18)3-2-8-21-11-6-4-10(15)5-7-11/h4-7,9H,2-3,8H2,1H3,(H3,16,17,19,20)/t9-/m1/s1. The molecule has 0 aromatic heterocycles. The number of carbonyl (C=O) groups is 3. The lowest BCUT2D eigenvalue weighted by Crippen LogP contribution is -2.42. The third-order valence-corrected chi connectivity index (χ3v) is 3.06. The summed E-state index contributed by atoms with van der Waals surface area (Å²) in [7, 11) is 0. The number of hydrogen-bond acceptors (Lipinski definition) is 5. The van der Waals surface area contributed by atoms with Gasteiger partial charge in [-0.1, -0.05) is 15.9 Å². The Morgan fingerprint density at radius 3 is 2.50 bits per heavy atom. The average Bonchev–Trinajstić information content (AvgIpc) is 2.44. The second-order valence-corrected chi connectivity index (χ2v) is 5.31. The van der Waals surface area contributed by atoms with Crippen LogP contribution in [0.4, 0.5) is 4.79 Å². The van der Waals surface area contributed by atoms with E-state index in [2.05, 4.69) is 15.9 Å². The topological polar surface area (TPSA) is 108 Å². The minimum atomic E-state index is -1.08. The number of urea groups is 1. The van der Waals surface area contributed by atoms with Crippen molar-refractivity contribution in [1.82, 2.24) is 5.32 Å². The molecule has 1 aromatic rings. The Hall–Kier alpha value is -2.09. The molecular weight excluding hydrogens is 356 g/mol. The molecular formula is C14H17BrN2O5. The van der Waals surface area contributed by atoms with Crippen molar-refractivity contribution in [2.45, 2.75) is 25.9 Å². The number of benzene rings is 1. The van der Waals surface area contributed by atoms with E-state index in [9.17, 15) is 14.4 Å². The summed E-state index contributed by atoms with van der Waals surface area (Å²) in [5.74, 6) is -0.607. The molecule has 0 radical (unpaired) electrons. The van der Waals surface area contributed by atoms with E-state index in [1.165, 1.54) is 6.92 Å². The number of esters is 1. The number of carbonyl (C=O) groups excluding carboxylic acids is 3. The molecule has 1 rings (SSSR count). The Morgan fingerprint density at radius 1 is 1.27 bits per heavy atom. The van der Waals surface area contributed by atoms with Crippen LogP contribution in [-0.2, 0) is 14.3 Å². The Morgan fingerprint density at radius 2 is 1.91 bits per heavy atom. The monoisotopic (exact) mass is 372 g/mol. The number of imide groups is 1. The molecule has 3 amide bonds. The molecule has 0 saturated heterocycles. The molecule has 0 aliphatic rings. The Kier molecular flexibility index (Phi) is 7.38. The van der Waals surface area contributed by atoms with E-state index in [-0.39, 0.29) is 6.42 Å². The summed E-state index contributed by atoms with van der Waals surface area (Å²) in [6, 6.07) is 6.32. The highest BCUT2D eigenvalue weighted by Crippen LogP contribution is 2.16. The van der Waals surface area contributed by atoms with Crippen molar-refractivity contribution >= 4 is 33.8 Å². The van der Waals surface area contributed by atoms with Crippen molar-refractivity contribution in [1.29, 1.82) is 0 Å². The van der Waals surface area contributed by atoms with E-state index in [0.29, 0.717) is 18.8 Å². The van der Waals surface area contributed by atoms with Crippen LogP contribution in [0.5, 0.6) is 5.75 Å². The lowest BCUT2D eigenvalue weighted by molar-refractivity contribution is -0.154. The molecule has 0 aliphatic carbocycles. The van der Waals surface area contributed by atoms with Gasteiger partial charge < -0.3 is 15.2 Å². The normalized spacial score (nSPS) is 11.4. The highest BCUT2D eigenvalue weighted by molar-refractivity contribution is 9.10. The van der Waals surface area contributed by atoms with Crippen LogP contribution >= 0.6 is 15.9 Å². The van der Waals surface area contributed by atoms with Gasteiger partial charge >= 0.3 is 12.0 Å². The Bertz CT molecular complexity index is 533. The zero-order valence-corrected chi connectivity index (χ0v) is 13.6. The van der Waals surface area contributed by atoms with Gasteiger partial charge in [0, 0.05) is 10.9 Å². The van der Waals surface area contributed by atoms with Gasteiger partial charge in [0.15, 0.2) is 6.10 Å². The zero-order valence-electron chi connectivity index (χ0n) is 12.0. The first kappa shape index (κ1) is 18.0. The quantitative estimate of drug-likeness (QED) is 0.559. The maximum Gasteiger partial charge on any atom is 0.318 e. The van der Waals surface area contributed by atoms with Gasteiger partial charge in [-0.2, -0.15) is 0 Å². The summed E-state index contributed by atoms with van der Waals surface area (Å²) in [6.07, 6.45) is -0.531. The largest absolute Gasteiger partial charge is 0.494 e. The van der Waals surface area contributed by atoms with Gasteiger partial charge in [0.25, 0.3) is 5.91 Å².